The number of hydrogen-bond acceptors (Lipinski definition) is 8. The van der Waals surface area contributed by atoms with Crippen molar-refractivity contribution in [3.05, 3.63) is 76.3 Å². The second-order valence-electron chi connectivity index (χ2n) is 7.50. The number of ether oxygens (including phenoxy) is 4. The van der Waals surface area contributed by atoms with Gasteiger partial charge in [-0.25, -0.2) is 9.37 Å². The van der Waals surface area contributed by atoms with Gasteiger partial charge in [-0.1, -0.05) is 17.8 Å². The van der Waals surface area contributed by atoms with Crippen LogP contribution in [-0.4, -0.2) is 49.5 Å². The number of benzene rings is 3. The highest BCUT2D eigenvalue weighted by Gasteiger charge is 2.23. The highest BCUT2D eigenvalue weighted by atomic mass is 32.2. The van der Waals surface area contributed by atoms with Gasteiger partial charge >= 0.3 is 0 Å². The van der Waals surface area contributed by atoms with Gasteiger partial charge in [0.15, 0.2) is 22.4 Å². The second-order valence-corrected chi connectivity index (χ2v) is 8.44. The standard InChI is InChI=1S/C26H23FN2O6S/c1-32-18-10-8-15(9-11-18)20(30)14-36-26-28-22-19(13-21(33-2)23(34-3)24(22)35-4)25(31)29(26)17-7-5-6-16(27)12-17/h5-13H,14H2,1-4H3. The summed E-state index contributed by atoms with van der Waals surface area (Å²) in [7, 11) is 5.86. The third-order valence-electron chi connectivity index (χ3n) is 5.45. The highest BCUT2D eigenvalue weighted by molar-refractivity contribution is 7.99. The first kappa shape index (κ1) is 25.1. The molecule has 0 aliphatic heterocycles. The van der Waals surface area contributed by atoms with Crippen molar-refractivity contribution in [2.75, 3.05) is 34.2 Å². The molecule has 36 heavy (non-hydrogen) atoms. The predicted octanol–water partition coefficient (Wildman–Crippen LogP) is 4.53. The summed E-state index contributed by atoms with van der Waals surface area (Å²) < 4.78 is 36.8. The molecule has 4 rings (SSSR count). The first-order valence-electron chi connectivity index (χ1n) is 10.7. The van der Waals surface area contributed by atoms with Crippen molar-refractivity contribution in [1.82, 2.24) is 9.55 Å². The number of nitrogens with zero attached hydrogens (tertiary/aromatic N) is 2. The van der Waals surface area contributed by atoms with Gasteiger partial charge in [-0.05, 0) is 48.5 Å². The number of aromatic nitrogens is 2. The first-order chi connectivity index (χ1) is 17.4. The lowest BCUT2D eigenvalue weighted by Crippen LogP contribution is -2.23. The van der Waals surface area contributed by atoms with Crippen molar-refractivity contribution in [1.29, 1.82) is 0 Å². The van der Waals surface area contributed by atoms with E-state index < -0.39 is 11.4 Å². The Morgan fingerprint density at radius 2 is 1.67 bits per heavy atom. The molecule has 1 heterocycles. The molecular weight excluding hydrogens is 487 g/mol. The minimum Gasteiger partial charge on any atom is -0.497 e. The fraction of sp³-hybridized carbons (Fsp3) is 0.192. The smallest absolute Gasteiger partial charge is 0.266 e. The zero-order chi connectivity index (χ0) is 25.8. The average Bonchev–Trinajstić information content (AvgIpc) is 2.90. The molecule has 0 fully saturated rings. The van der Waals surface area contributed by atoms with E-state index in [1.807, 2.05) is 0 Å². The van der Waals surface area contributed by atoms with Crippen LogP contribution in [0.25, 0.3) is 16.6 Å². The van der Waals surface area contributed by atoms with Crippen LogP contribution in [0.4, 0.5) is 4.39 Å². The van der Waals surface area contributed by atoms with E-state index in [4.69, 9.17) is 18.9 Å². The molecule has 0 aliphatic rings. The minimum absolute atomic E-state index is 0.0187. The van der Waals surface area contributed by atoms with Crippen LogP contribution in [0.1, 0.15) is 10.4 Å². The Morgan fingerprint density at radius 3 is 2.28 bits per heavy atom. The van der Waals surface area contributed by atoms with Crippen LogP contribution in [0.15, 0.2) is 64.5 Å². The molecule has 0 atom stereocenters. The molecule has 0 radical (unpaired) electrons. The van der Waals surface area contributed by atoms with Gasteiger partial charge in [0, 0.05) is 5.56 Å². The van der Waals surface area contributed by atoms with E-state index in [9.17, 15) is 14.0 Å². The van der Waals surface area contributed by atoms with E-state index in [1.165, 1.54) is 50.2 Å². The van der Waals surface area contributed by atoms with Crippen molar-refractivity contribution < 1.29 is 28.1 Å². The number of hydrogen-bond donors (Lipinski definition) is 0. The molecule has 0 saturated heterocycles. The molecule has 1 aromatic heterocycles. The number of methoxy groups -OCH3 is 4. The molecule has 0 bridgehead atoms. The molecule has 0 spiro atoms. The van der Waals surface area contributed by atoms with Crippen LogP contribution in [0.3, 0.4) is 0 Å². The number of fused-ring (bicyclic) bond motifs is 1. The van der Waals surface area contributed by atoms with E-state index in [0.29, 0.717) is 11.3 Å². The topological polar surface area (TPSA) is 88.9 Å². The zero-order valence-corrected chi connectivity index (χ0v) is 20.8. The Kier molecular flexibility index (Phi) is 7.44. The lowest BCUT2D eigenvalue weighted by atomic mass is 10.1. The van der Waals surface area contributed by atoms with E-state index in [0.717, 1.165) is 11.8 Å². The number of carbonyl (C=O) groups is 1. The van der Waals surface area contributed by atoms with Crippen LogP contribution in [0, 0.1) is 5.82 Å². The molecule has 186 valence electrons. The monoisotopic (exact) mass is 510 g/mol. The van der Waals surface area contributed by atoms with E-state index >= 15 is 0 Å². The lowest BCUT2D eigenvalue weighted by molar-refractivity contribution is 0.102. The van der Waals surface area contributed by atoms with E-state index in [1.54, 1.807) is 37.4 Å². The fourth-order valence-electron chi connectivity index (χ4n) is 3.70. The average molecular weight is 511 g/mol. The van der Waals surface area contributed by atoms with Gasteiger partial charge in [-0.15, -0.1) is 0 Å². The summed E-state index contributed by atoms with van der Waals surface area (Å²) in [4.78, 5) is 31.3. The molecule has 0 unspecified atom stereocenters. The number of rotatable bonds is 9. The van der Waals surface area contributed by atoms with Gasteiger partial charge in [0.25, 0.3) is 5.56 Å². The Bertz CT molecular complexity index is 1490. The van der Waals surface area contributed by atoms with Crippen molar-refractivity contribution >= 4 is 28.4 Å². The van der Waals surface area contributed by atoms with Crippen molar-refractivity contribution in [2.45, 2.75) is 5.16 Å². The number of carbonyl (C=O) groups excluding carboxylic acids is 1. The Morgan fingerprint density at radius 1 is 0.944 bits per heavy atom. The lowest BCUT2D eigenvalue weighted by Gasteiger charge is -2.17. The van der Waals surface area contributed by atoms with Gasteiger partial charge in [0.1, 0.15) is 17.1 Å². The Balaban J connectivity index is 1.87. The summed E-state index contributed by atoms with van der Waals surface area (Å²) in [6.45, 7) is 0. The molecule has 8 nitrogen and oxygen atoms in total. The summed E-state index contributed by atoms with van der Waals surface area (Å²) in [5.41, 5.74) is 0.492. The highest BCUT2D eigenvalue weighted by Crippen LogP contribution is 2.42. The third kappa shape index (κ3) is 4.72. The normalized spacial score (nSPS) is 10.8. The summed E-state index contributed by atoms with van der Waals surface area (Å²) in [5.74, 6) is 0.673. The molecule has 4 aromatic rings. The molecule has 0 aliphatic carbocycles. The number of thioether (sulfide) groups is 1. The summed E-state index contributed by atoms with van der Waals surface area (Å²) >= 11 is 1.05. The number of ketones is 1. The molecule has 0 amide bonds. The maximum atomic E-state index is 14.1. The van der Waals surface area contributed by atoms with Crippen LogP contribution >= 0.6 is 11.8 Å². The Hall–Kier alpha value is -4.05. The van der Waals surface area contributed by atoms with E-state index in [2.05, 4.69) is 4.98 Å². The molecule has 0 N–H and O–H groups in total. The number of halogens is 1. The van der Waals surface area contributed by atoms with Gasteiger partial charge in [-0.3, -0.25) is 14.2 Å². The van der Waals surface area contributed by atoms with Crippen LogP contribution in [-0.2, 0) is 0 Å². The van der Waals surface area contributed by atoms with Gasteiger partial charge < -0.3 is 18.9 Å². The van der Waals surface area contributed by atoms with Gasteiger partial charge in [-0.2, -0.15) is 0 Å². The van der Waals surface area contributed by atoms with Gasteiger partial charge in [0.2, 0.25) is 5.75 Å². The predicted molar refractivity (Wildman–Crippen MR) is 135 cm³/mol. The van der Waals surface area contributed by atoms with Crippen LogP contribution < -0.4 is 24.5 Å². The minimum atomic E-state index is -0.519. The summed E-state index contributed by atoms with van der Waals surface area (Å²) in [6, 6.07) is 13.8. The largest absolute Gasteiger partial charge is 0.497 e. The molecule has 3 aromatic carbocycles. The summed E-state index contributed by atoms with van der Waals surface area (Å²) in [5, 5.41) is 0.366. The SMILES string of the molecule is COc1ccc(C(=O)CSc2nc3c(OC)c(OC)c(OC)cc3c(=O)n2-c2cccc(F)c2)cc1. The maximum Gasteiger partial charge on any atom is 0.266 e. The van der Waals surface area contributed by atoms with E-state index in [-0.39, 0.29) is 50.5 Å². The summed E-state index contributed by atoms with van der Waals surface area (Å²) in [6.07, 6.45) is 0. The van der Waals surface area contributed by atoms with Crippen molar-refractivity contribution in [2.24, 2.45) is 0 Å². The molecular formula is C26H23FN2O6S. The Labute approximate surface area is 210 Å². The maximum absolute atomic E-state index is 14.1. The van der Waals surface area contributed by atoms with Gasteiger partial charge in [0.05, 0.1) is 45.3 Å². The fourth-order valence-corrected chi connectivity index (χ4v) is 4.60. The van der Waals surface area contributed by atoms with Crippen LogP contribution in [0.5, 0.6) is 23.0 Å². The van der Waals surface area contributed by atoms with Crippen molar-refractivity contribution in [3.63, 3.8) is 0 Å². The third-order valence-corrected chi connectivity index (χ3v) is 6.39. The molecule has 0 saturated carbocycles. The van der Waals surface area contributed by atoms with Crippen molar-refractivity contribution in [3.8, 4) is 28.7 Å². The quantitative estimate of drug-likeness (QED) is 0.184. The zero-order valence-electron chi connectivity index (χ0n) is 20.0. The van der Waals surface area contributed by atoms with Crippen LogP contribution in [0.2, 0.25) is 0 Å². The first-order valence-corrected chi connectivity index (χ1v) is 11.7. The second kappa shape index (κ2) is 10.7. The number of Topliss-reactive ketones (excluding diaryl/α,β-unsaturated/α-hetero) is 1. The molecule has 10 heteroatoms.